The van der Waals surface area contributed by atoms with Gasteiger partial charge in [0.1, 0.15) is 0 Å². The Bertz CT molecular complexity index is 278. The van der Waals surface area contributed by atoms with Gasteiger partial charge in [-0.15, -0.1) is 0 Å². The molecule has 0 radical (unpaired) electrons. The molecule has 0 aliphatic heterocycles. The van der Waals surface area contributed by atoms with Crippen LogP contribution >= 0.6 is 0 Å². The molecule has 1 heterocycles. The molecule has 1 aromatic heterocycles. The summed E-state index contributed by atoms with van der Waals surface area (Å²) in [4.78, 5) is 0. The lowest BCUT2D eigenvalue weighted by Gasteiger charge is -2.09. The third-order valence-corrected chi connectivity index (χ3v) is 2.52. The molecule has 2 N–H and O–H groups in total. The van der Waals surface area contributed by atoms with E-state index in [0.717, 1.165) is 31.4 Å². The highest BCUT2D eigenvalue weighted by Crippen LogP contribution is 2.08. The lowest BCUT2D eigenvalue weighted by Crippen LogP contribution is -2.23. The Morgan fingerprint density at radius 2 is 2.21 bits per heavy atom. The van der Waals surface area contributed by atoms with Crippen molar-refractivity contribution in [3.63, 3.8) is 0 Å². The van der Waals surface area contributed by atoms with E-state index in [-0.39, 0.29) is 6.04 Å². The highest BCUT2D eigenvalue weighted by molar-refractivity contribution is 5.11. The fraction of sp³-hybridized carbons (Fsp3) is 0.727. The zero-order valence-corrected chi connectivity index (χ0v) is 9.45. The van der Waals surface area contributed by atoms with Crippen molar-refractivity contribution in [2.45, 2.75) is 45.6 Å². The molecule has 0 saturated carbocycles. The summed E-state index contributed by atoms with van der Waals surface area (Å²) in [6.07, 6.45) is 4.18. The van der Waals surface area contributed by atoms with Crippen molar-refractivity contribution in [3.05, 3.63) is 17.5 Å². The highest BCUT2D eigenvalue weighted by atomic mass is 15.3. The Balaban J connectivity index is 2.61. The molecule has 1 atom stereocenters. The van der Waals surface area contributed by atoms with Crippen LogP contribution in [0.25, 0.3) is 0 Å². The monoisotopic (exact) mass is 195 g/mol. The molecule has 3 nitrogen and oxygen atoms in total. The van der Waals surface area contributed by atoms with Gasteiger partial charge in [0, 0.05) is 25.2 Å². The van der Waals surface area contributed by atoms with E-state index in [4.69, 9.17) is 5.73 Å². The maximum atomic E-state index is 5.99. The third-order valence-electron chi connectivity index (χ3n) is 2.52. The molecule has 14 heavy (non-hydrogen) atoms. The largest absolute Gasteiger partial charge is 0.327 e. The molecule has 0 bridgehead atoms. The second-order valence-corrected chi connectivity index (χ2v) is 3.86. The Morgan fingerprint density at radius 1 is 1.50 bits per heavy atom. The van der Waals surface area contributed by atoms with Gasteiger partial charge >= 0.3 is 0 Å². The molecule has 0 spiro atoms. The standard InChI is InChI=1S/C11H21N3/c1-4-6-9(12)7-11-8-10(5-2)13-14(11)3/h8-9H,4-7,12H2,1-3H3. The van der Waals surface area contributed by atoms with Crippen molar-refractivity contribution in [3.8, 4) is 0 Å². The zero-order chi connectivity index (χ0) is 10.6. The van der Waals surface area contributed by atoms with Crippen molar-refractivity contribution >= 4 is 0 Å². The van der Waals surface area contributed by atoms with Crippen LogP contribution in [0.15, 0.2) is 6.07 Å². The molecule has 0 amide bonds. The first kappa shape index (κ1) is 11.2. The van der Waals surface area contributed by atoms with Gasteiger partial charge in [0.25, 0.3) is 0 Å². The van der Waals surface area contributed by atoms with Gasteiger partial charge in [0.2, 0.25) is 0 Å². The Labute approximate surface area is 86.3 Å². The quantitative estimate of drug-likeness (QED) is 0.776. The predicted octanol–water partition coefficient (Wildman–Crippen LogP) is 1.65. The number of aromatic nitrogens is 2. The molecule has 80 valence electrons. The van der Waals surface area contributed by atoms with E-state index < -0.39 is 0 Å². The van der Waals surface area contributed by atoms with Crippen molar-refractivity contribution in [2.75, 3.05) is 0 Å². The van der Waals surface area contributed by atoms with E-state index in [2.05, 4.69) is 25.0 Å². The van der Waals surface area contributed by atoms with Gasteiger partial charge in [0.05, 0.1) is 5.69 Å². The van der Waals surface area contributed by atoms with E-state index in [1.807, 2.05) is 11.7 Å². The van der Waals surface area contributed by atoms with Crippen LogP contribution in [0.1, 0.15) is 38.1 Å². The molecular weight excluding hydrogens is 174 g/mol. The Morgan fingerprint density at radius 3 is 2.71 bits per heavy atom. The van der Waals surface area contributed by atoms with Crippen LogP contribution in [-0.2, 0) is 19.9 Å². The summed E-state index contributed by atoms with van der Waals surface area (Å²) in [7, 11) is 1.99. The second kappa shape index (κ2) is 5.15. The van der Waals surface area contributed by atoms with E-state index in [0.29, 0.717) is 0 Å². The maximum absolute atomic E-state index is 5.99. The molecule has 0 saturated heterocycles. The maximum Gasteiger partial charge on any atom is 0.0624 e. The Hall–Kier alpha value is -0.830. The first-order chi connectivity index (χ1) is 6.67. The molecule has 0 fully saturated rings. The van der Waals surface area contributed by atoms with Crippen LogP contribution in [-0.4, -0.2) is 15.8 Å². The van der Waals surface area contributed by atoms with E-state index in [1.165, 1.54) is 5.69 Å². The van der Waals surface area contributed by atoms with Gasteiger partial charge in [-0.3, -0.25) is 4.68 Å². The summed E-state index contributed by atoms with van der Waals surface area (Å²) < 4.78 is 1.95. The SMILES string of the molecule is CCCC(N)Cc1cc(CC)nn1C. The molecule has 0 aromatic carbocycles. The van der Waals surface area contributed by atoms with Crippen LogP contribution in [0.2, 0.25) is 0 Å². The molecule has 1 unspecified atom stereocenters. The summed E-state index contributed by atoms with van der Waals surface area (Å²) in [6, 6.07) is 2.44. The minimum atomic E-state index is 0.278. The van der Waals surface area contributed by atoms with Gasteiger partial charge in [-0.1, -0.05) is 20.3 Å². The summed E-state index contributed by atoms with van der Waals surface area (Å²) in [5, 5.41) is 4.40. The van der Waals surface area contributed by atoms with Crippen LogP contribution in [0.3, 0.4) is 0 Å². The fourth-order valence-corrected chi connectivity index (χ4v) is 1.68. The van der Waals surface area contributed by atoms with Crippen molar-refractivity contribution < 1.29 is 0 Å². The van der Waals surface area contributed by atoms with Gasteiger partial charge in [-0.05, 0) is 18.9 Å². The van der Waals surface area contributed by atoms with Gasteiger partial charge in [0.15, 0.2) is 0 Å². The summed E-state index contributed by atoms with van der Waals surface area (Å²) >= 11 is 0. The average molecular weight is 195 g/mol. The van der Waals surface area contributed by atoms with Crippen molar-refractivity contribution in [1.29, 1.82) is 0 Å². The van der Waals surface area contributed by atoms with Crippen molar-refractivity contribution in [2.24, 2.45) is 12.8 Å². The molecule has 3 heteroatoms. The number of nitrogens with two attached hydrogens (primary N) is 1. The fourth-order valence-electron chi connectivity index (χ4n) is 1.68. The first-order valence-electron chi connectivity index (χ1n) is 5.44. The lowest BCUT2D eigenvalue weighted by molar-refractivity contribution is 0.570. The summed E-state index contributed by atoms with van der Waals surface area (Å²) in [5.41, 5.74) is 8.41. The number of rotatable bonds is 5. The smallest absolute Gasteiger partial charge is 0.0624 e. The summed E-state index contributed by atoms with van der Waals surface area (Å²) in [6.45, 7) is 4.29. The van der Waals surface area contributed by atoms with Crippen LogP contribution in [0.4, 0.5) is 0 Å². The minimum absolute atomic E-state index is 0.278. The first-order valence-corrected chi connectivity index (χ1v) is 5.44. The minimum Gasteiger partial charge on any atom is -0.327 e. The molecule has 1 aromatic rings. The van der Waals surface area contributed by atoms with Crippen LogP contribution in [0.5, 0.6) is 0 Å². The number of nitrogens with zero attached hydrogens (tertiary/aromatic N) is 2. The number of hydrogen-bond donors (Lipinski definition) is 1. The summed E-state index contributed by atoms with van der Waals surface area (Å²) in [5.74, 6) is 0. The highest BCUT2D eigenvalue weighted by Gasteiger charge is 2.08. The third kappa shape index (κ3) is 2.84. The van der Waals surface area contributed by atoms with E-state index >= 15 is 0 Å². The molecular formula is C11H21N3. The Kier molecular flexibility index (Phi) is 4.14. The lowest BCUT2D eigenvalue weighted by atomic mass is 10.1. The van der Waals surface area contributed by atoms with E-state index in [9.17, 15) is 0 Å². The number of hydrogen-bond acceptors (Lipinski definition) is 2. The molecule has 1 rings (SSSR count). The molecule has 0 aliphatic rings. The average Bonchev–Trinajstić information content (AvgIpc) is 2.48. The predicted molar refractivity (Wildman–Crippen MR) is 59.2 cm³/mol. The van der Waals surface area contributed by atoms with Gasteiger partial charge < -0.3 is 5.73 Å². The normalized spacial score (nSPS) is 13.1. The van der Waals surface area contributed by atoms with Crippen LogP contribution in [0, 0.1) is 0 Å². The molecule has 0 aliphatic carbocycles. The topological polar surface area (TPSA) is 43.8 Å². The zero-order valence-electron chi connectivity index (χ0n) is 9.45. The van der Waals surface area contributed by atoms with Crippen LogP contribution < -0.4 is 5.73 Å². The second-order valence-electron chi connectivity index (χ2n) is 3.86. The van der Waals surface area contributed by atoms with Crippen molar-refractivity contribution in [1.82, 2.24) is 9.78 Å². The van der Waals surface area contributed by atoms with Gasteiger partial charge in [-0.25, -0.2) is 0 Å². The number of aryl methyl sites for hydroxylation is 2. The van der Waals surface area contributed by atoms with E-state index in [1.54, 1.807) is 0 Å². The van der Waals surface area contributed by atoms with Gasteiger partial charge in [-0.2, -0.15) is 5.10 Å².